The molecule has 0 spiro atoms. The van der Waals surface area contributed by atoms with Crippen molar-refractivity contribution in [3.63, 3.8) is 0 Å². The van der Waals surface area contributed by atoms with Gasteiger partial charge in [0, 0.05) is 24.5 Å². The van der Waals surface area contributed by atoms with Crippen LogP contribution in [0, 0.1) is 23.7 Å². The molecule has 0 amide bonds. The molecule has 6 aromatic rings. The molecule has 0 fully saturated rings. The number of aromatic amines is 3. The molecule has 1 unspecified atom stereocenters. The minimum Gasteiger partial charge on any atom is -0.451 e. The molecule has 0 aliphatic carbocycles. The van der Waals surface area contributed by atoms with Crippen LogP contribution in [0.1, 0.15) is 51.3 Å². The van der Waals surface area contributed by atoms with Crippen LogP contribution in [0.2, 0.25) is 0 Å². The molecule has 19 heteroatoms. The van der Waals surface area contributed by atoms with Gasteiger partial charge in [0.25, 0.3) is 16.7 Å². The quantitative estimate of drug-likeness (QED) is 0.147. The van der Waals surface area contributed by atoms with Gasteiger partial charge in [0.2, 0.25) is 22.3 Å². The van der Waals surface area contributed by atoms with Crippen molar-refractivity contribution in [1.82, 2.24) is 29.9 Å². The van der Waals surface area contributed by atoms with Crippen LogP contribution < -0.4 is 43.0 Å². The molecule has 0 saturated carbocycles. The Kier molecular flexibility index (Phi) is 14.0. The van der Waals surface area contributed by atoms with Crippen LogP contribution in [-0.2, 0) is 30.1 Å². The highest BCUT2D eigenvalue weighted by molar-refractivity contribution is 7.84. The van der Waals surface area contributed by atoms with Crippen molar-refractivity contribution in [1.29, 1.82) is 0 Å². The molecule has 0 aromatic carbocycles. The molecule has 0 aliphatic heterocycles. The average molecular weight is 775 g/mol. The van der Waals surface area contributed by atoms with Gasteiger partial charge in [-0.15, -0.1) is 11.8 Å². The van der Waals surface area contributed by atoms with Crippen LogP contribution in [0.25, 0.3) is 33.3 Å². The summed E-state index contributed by atoms with van der Waals surface area (Å²) in [6.45, 7) is 9.05. The largest absolute Gasteiger partial charge is 0.451 e. The Labute approximate surface area is 311 Å². The van der Waals surface area contributed by atoms with E-state index in [1.165, 1.54) is 24.5 Å². The number of fused-ring (bicyclic) bond motifs is 3. The fourth-order valence-electron chi connectivity index (χ4n) is 4.85. The Morgan fingerprint density at radius 2 is 0.945 bits per heavy atom. The number of aromatic nitrogens is 6. The summed E-state index contributed by atoms with van der Waals surface area (Å²) >= 11 is 0. The zero-order chi connectivity index (χ0) is 40.2. The lowest BCUT2D eigenvalue weighted by atomic mass is 10.1. The molecule has 6 heterocycles. The Morgan fingerprint density at radius 1 is 0.600 bits per heavy atom. The van der Waals surface area contributed by atoms with E-state index in [-0.39, 0.29) is 63.7 Å². The third-order valence-corrected chi connectivity index (χ3v) is 8.09. The maximum Gasteiger partial charge on any atom is 0.337 e. The second-order valence-electron chi connectivity index (χ2n) is 10.9. The van der Waals surface area contributed by atoms with Crippen LogP contribution >= 0.6 is 0 Å². The lowest BCUT2D eigenvalue weighted by Gasteiger charge is -2.04. The van der Waals surface area contributed by atoms with Gasteiger partial charge in [-0.05, 0) is 49.8 Å². The van der Waals surface area contributed by atoms with E-state index in [9.17, 15) is 33.0 Å². The summed E-state index contributed by atoms with van der Waals surface area (Å²) in [5, 5.41) is 0.784. The molecule has 0 bridgehead atoms. The van der Waals surface area contributed by atoms with Gasteiger partial charge < -0.3 is 22.7 Å². The average Bonchev–Trinajstić information content (AvgIpc) is 3.13. The van der Waals surface area contributed by atoms with E-state index in [4.69, 9.17) is 22.7 Å². The smallest absolute Gasteiger partial charge is 0.337 e. The maximum absolute atomic E-state index is 11.9. The van der Waals surface area contributed by atoms with Crippen molar-refractivity contribution in [2.45, 2.75) is 59.0 Å². The van der Waals surface area contributed by atoms with Crippen LogP contribution in [0.15, 0.2) is 65.4 Å². The first-order valence-electron chi connectivity index (χ1n) is 16.4. The second kappa shape index (κ2) is 18.8. The minimum atomic E-state index is -1.44. The molecule has 3 N–H and O–H groups in total. The molecular weight excluding hydrogens is 740 g/mol. The standard InChI is InChI=1S/2C13H12N2O4.C10H10N2O4S/c2*1-3-5-6-18-13-14-11(17)10-8(4-2)7-9(16)19-12(10)15-13;1-3-5-4-6(13)16-9-7(5)8(14)11-10(12-9)17(2)15/h2*7H,4,6H2,1-2H3,(H,14,15,17);4H,3H2,1-2H3,(H,11,12,14). The summed E-state index contributed by atoms with van der Waals surface area (Å²) in [7, 11) is -1.44. The zero-order valence-electron chi connectivity index (χ0n) is 30.4. The van der Waals surface area contributed by atoms with Crippen molar-refractivity contribution < 1.29 is 26.9 Å². The molecular formula is C36H34N6O12S. The highest BCUT2D eigenvalue weighted by Gasteiger charge is 2.15. The summed E-state index contributed by atoms with van der Waals surface area (Å²) < 4.78 is 36.2. The van der Waals surface area contributed by atoms with Crippen molar-refractivity contribution >= 4 is 44.1 Å². The van der Waals surface area contributed by atoms with Crippen molar-refractivity contribution in [2.24, 2.45) is 0 Å². The third kappa shape index (κ3) is 10.2. The number of hydrogen-bond donors (Lipinski definition) is 3. The fraction of sp³-hybridized carbons (Fsp3) is 0.306. The molecule has 1 atom stereocenters. The van der Waals surface area contributed by atoms with Gasteiger partial charge in [-0.1, -0.05) is 32.6 Å². The van der Waals surface area contributed by atoms with Gasteiger partial charge in [-0.25, -0.2) is 14.4 Å². The molecule has 0 radical (unpaired) electrons. The normalized spacial score (nSPS) is 10.9. The summed E-state index contributed by atoms with van der Waals surface area (Å²) in [4.78, 5) is 88.9. The monoisotopic (exact) mass is 774 g/mol. The Balaban J connectivity index is 0.000000184. The van der Waals surface area contributed by atoms with Gasteiger partial charge in [0.05, 0.1) is 10.8 Å². The third-order valence-electron chi connectivity index (χ3n) is 7.36. The maximum atomic E-state index is 11.9. The SMILES string of the molecule is CC#CCOc1nc2oc(=O)cc(CC)c2c(=O)[nH]1.CC#CCOc1nc2oc(=O)cc(CC)c2c(=O)[nH]1.CCc1cc(=O)oc2nc(S(C)=O)[nH]c(=O)c12. The van der Waals surface area contributed by atoms with E-state index in [0.29, 0.717) is 36.0 Å². The first kappa shape index (κ1) is 40.9. The van der Waals surface area contributed by atoms with Gasteiger partial charge in [0.15, 0.2) is 13.2 Å². The summed E-state index contributed by atoms with van der Waals surface area (Å²) in [6.07, 6.45) is 2.97. The van der Waals surface area contributed by atoms with Gasteiger partial charge in [-0.2, -0.15) is 15.0 Å². The molecule has 55 heavy (non-hydrogen) atoms. The van der Waals surface area contributed by atoms with Crippen molar-refractivity contribution in [3.8, 4) is 35.7 Å². The number of H-pyrrole nitrogens is 3. The zero-order valence-corrected chi connectivity index (χ0v) is 31.2. The first-order chi connectivity index (χ1) is 26.3. The highest BCUT2D eigenvalue weighted by atomic mass is 32.2. The number of nitrogens with zero attached hydrogens (tertiary/aromatic N) is 3. The van der Waals surface area contributed by atoms with Gasteiger partial charge in [0.1, 0.15) is 16.2 Å². The second-order valence-corrected chi connectivity index (χ2v) is 12.2. The minimum absolute atomic E-state index is 0.00102. The Morgan fingerprint density at radius 3 is 1.27 bits per heavy atom. The van der Waals surface area contributed by atoms with Gasteiger partial charge >= 0.3 is 28.9 Å². The van der Waals surface area contributed by atoms with Crippen LogP contribution in [0.5, 0.6) is 12.0 Å². The van der Waals surface area contributed by atoms with Gasteiger partial charge in [-0.3, -0.25) is 33.5 Å². The van der Waals surface area contributed by atoms with Crippen LogP contribution in [0.4, 0.5) is 0 Å². The molecule has 0 aliphatic rings. The number of aryl methyl sites for hydroxylation is 3. The van der Waals surface area contributed by atoms with Crippen molar-refractivity contribution in [3.05, 3.63) is 97.2 Å². The van der Waals surface area contributed by atoms with Crippen molar-refractivity contribution in [2.75, 3.05) is 19.5 Å². The van der Waals surface area contributed by atoms with Crippen LogP contribution in [-0.4, -0.2) is 53.6 Å². The number of hydrogen-bond acceptors (Lipinski definition) is 15. The number of nitrogens with one attached hydrogen (secondary N) is 3. The Bertz CT molecular complexity index is 2760. The molecule has 6 rings (SSSR count). The predicted octanol–water partition coefficient (Wildman–Crippen LogP) is 1.86. The molecule has 0 saturated heterocycles. The summed E-state index contributed by atoms with van der Waals surface area (Å²) in [5.41, 5.74) is -1.23. The van der Waals surface area contributed by atoms with E-state index >= 15 is 0 Å². The Hall–Kier alpha value is -6.86. The highest BCUT2D eigenvalue weighted by Crippen LogP contribution is 2.15. The summed E-state index contributed by atoms with van der Waals surface area (Å²) in [5.74, 6) is 10.6. The van der Waals surface area contributed by atoms with E-state index in [1.54, 1.807) is 13.8 Å². The van der Waals surface area contributed by atoms with E-state index < -0.39 is 44.4 Å². The summed E-state index contributed by atoms with van der Waals surface area (Å²) in [6, 6.07) is 3.82. The topological polar surface area (TPSA) is 263 Å². The molecule has 18 nitrogen and oxygen atoms in total. The lowest BCUT2D eigenvalue weighted by Crippen LogP contribution is -2.16. The number of rotatable bonds is 8. The van der Waals surface area contributed by atoms with E-state index in [2.05, 4.69) is 53.6 Å². The van der Waals surface area contributed by atoms with E-state index in [1.807, 2.05) is 20.8 Å². The molecule has 286 valence electrons. The van der Waals surface area contributed by atoms with Crippen LogP contribution in [0.3, 0.4) is 0 Å². The predicted molar refractivity (Wildman–Crippen MR) is 201 cm³/mol. The lowest BCUT2D eigenvalue weighted by molar-refractivity contribution is 0.337. The fourth-order valence-corrected chi connectivity index (χ4v) is 5.30. The first-order valence-corrected chi connectivity index (χ1v) is 18.0. The number of ether oxygens (including phenoxy) is 2. The molecule has 6 aromatic heterocycles. The van der Waals surface area contributed by atoms with E-state index in [0.717, 1.165) is 0 Å².